The van der Waals surface area contributed by atoms with Gasteiger partial charge in [-0.3, -0.25) is 0 Å². The first-order valence-electron chi connectivity index (χ1n) is 5.53. The maximum Gasteiger partial charge on any atom is 0.231 e. The Labute approximate surface area is 103 Å². The van der Waals surface area contributed by atoms with Gasteiger partial charge in [-0.05, 0) is 43.4 Å². The van der Waals surface area contributed by atoms with Crippen molar-refractivity contribution >= 4 is 15.9 Å². The van der Waals surface area contributed by atoms with Crippen molar-refractivity contribution in [3.63, 3.8) is 0 Å². The van der Waals surface area contributed by atoms with Crippen LogP contribution in [0.25, 0.3) is 0 Å². The van der Waals surface area contributed by atoms with E-state index in [9.17, 15) is 0 Å². The van der Waals surface area contributed by atoms with Gasteiger partial charge in [0.05, 0.1) is 0 Å². The molecule has 3 rings (SSSR count). The van der Waals surface area contributed by atoms with Gasteiger partial charge in [-0.2, -0.15) is 0 Å². The minimum atomic E-state index is 0.0919. The number of benzene rings is 1. The molecule has 0 aromatic heterocycles. The highest BCUT2D eigenvalue weighted by Gasteiger charge is 2.37. The number of fused-ring (bicyclic) bond motifs is 1. The monoisotopic (exact) mass is 283 g/mol. The smallest absolute Gasteiger partial charge is 0.231 e. The van der Waals surface area contributed by atoms with E-state index in [2.05, 4.69) is 22.0 Å². The summed E-state index contributed by atoms with van der Waals surface area (Å²) in [5, 5.41) is 0. The highest BCUT2D eigenvalue weighted by Crippen LogP contribution is 2.42. The zero-order valence-electron chi connectivity index (χ0n) is 8.96. The summed E-state index contributed by atoms with van der Waals surface area (Å²) < 4.78 is 11.9. The predicted octanol–water partition coefficient (Wildman–Crippen LogP) is 2.60. The van der Waals surface area contributed by atoms with E-state index >= 15 is 0 Å². The van der Waals surface area contributed by atoms with Gasteiger partial charge in [-0.1, -0.05) is 15.9 Å². The Morgan fingerprint density at radius 3 is 2.88 bits per heavy atom. The number of hydrogen-bond donors (Lipinski definition) is 1. The summed E-state index contributed by atoms with van der Waals surface area (Å²) in [5.74, 6) is 1.73. The number of aryl methyl sites for hydroxylation is 1. The van der Waals surface area contributed by atoms with Gasteiger partial charge in [0.25, 0.3) is 0 Å². The van der Waals surface area contributed by atoms with Gasteiger partial charge in [0.1, 0.15) is 0 Å². The Balaban J connectivity index is 1.82. The number of halogens is 1. The Morgan fingerprint density at radius 2 is 2.12 bits per heavy atom. The Bertz CT molecular complexity index is 429. The first-order chi connectivity index (χ1) is 7.66. The van der Waals surface area contributed by atoms with Crippen LogP contribution in [0.1, 0.15) is 24.8 Å². The van der Waals surface area contributed by atoms with Crippen molar-refractivity contribution in [2.45, 2.75) is 31.2 Å². The lowest BCUT2D eigenvalue weighted by Crippen LogP contribution is -2.22. The van der Waals surface area contributed by atoms with Crippen LogP contribution in [0.15, 0.2) is 16.6 Å². The summed E-state index contributed by atoms with van der Waals surface area (Å²) in [4.78, 5) is 0. The molecule has 2 aliphatic rings. The van der Waals surface area contributed by atoms with Crippen LogP contribution in [0.4, 0.5) is 0 Å². The highest BCUT2D eigenvalue weighted by atomic mass is 79.9. The molecular formula is C12H14BrNO2. The second-order valence-electron chi connectivity index (χ2n) is 4.66. The molecule has 0 atom stereocenters. The van der Waals surface area contributed by atoms with Gasteiger partial charge in [0, 0.05) is 10.0 Å². The lowest BCUT2D eigenvalue weighted by atomic mass is 10.0. The van der Waals surface area contributed by atoms with Crippen molar-refractivity contribution in [2.24, 2.45) is 5.73 Å². The average Bonchev–Trinajstić information content (AvgIpc) is 2.79. The molecule has 1 aromatic carbocycles. The molecule has 1 aromatic rings. The Hall–Kier alpha value is -0.740. The molecule has 16 heavy (non-hydrogen) atoms. The second kappa shape index (κ2) is 3.64. The third-order valence-corrected chi connectivity index (χ3v) is 3.76. The molecule has 1 saturated carbocycles. The van der Waals surface area contributed by atoms with E-state index in [1.807, 2.05) is 6.07 Å². The molecule has 86 valence electrons. The van der Waals surface area contributed by atoms with E-state index < -0.39 is 0 Å². The lowest BCUT2D eigenvalue weighted by molar-refractivity contribution is 0.173. The SMILES string of the molecule is NC1(CCc2cc(Br)cc3c2OCO3)CC1. The summed E-state index contributed by atoms with van der Waals surface area (Å²) in [7, 11) is 0. The van der Waals surface area contributed by atoms with Crippen LogP contribution in [0.2, 0.25) is 0 Å². The molecule has 2 N–H and O–H groups in total. The minimum absolute atomic E-state index is 0.0919. The Kier molecular flexibility index (Phi) is 2.37. The average molecular weight is 284 g/mol. The first-order valence-corrected chi connectivity index (χ1v) is 6.33. The summed E-state index contributed by atoms with van der Waals surface area (Å²) >= 11 is 3.49. The number of rotatable bonds is 3. The molecule has 4 heteroatoms. The summed E-state index contributed by atoms with van der Waals surface area (Å²) in [5.41, 5.74) is 7.38. The molecule has 1 aliphatic carbocycles. The van der Waals surface area contributed by atoms with Gasteiger partial charge in [-0.15, -0.1) is 0 Å². The number of nitrogens with two attached hydrogens (primary N) is 1. The van der Waals surface area contributed by atoms with Gasteiger partial charge in [0.15, 0.2) is 11.5 Å². The quantitative estimate of drug-likeness (QED) is 0.928. The van der Waals surface area contributed by atoms with E-state index in [0.29, 0.717) is 6.79 Å². The first kappa shape index (κ1) is 10.4. The molecule has 0 amide bonds. The summed E-state index contributed by atoms with van der Waals surface area (Å²) in [6.45, 7) is 0.326. The van der Waals surface area contributed by atoms with Crippen LogP contribution in [-0.2, 0) is 6.42 Å². The zero-order chi connectivity index (χ0) is 11.2. The van der Waals surface area contributed by atoms with Crippen LogP contribution in [-0.4, -0.2) is 12.3 Å². The zero-order valence-corrected chi connectivity index (χ0v) is 10.5. The third kappa shape index (κ3) is 1.92. The van der Waals surface area contributed by atoms with E-state index in [1.165, 1.54) is 5.56 Å². The number of ether oxygens (including phenoxy) is 2. The van der Waals surface area contributed by atoms with Crippen LogP contribution in [0.5, 0.6) is 11.5 Å². The van der Waals surface area contributed by atoms with Crippen LogP contribution < -0.4 is 15.2 Å². The fourth-order valence-electron chi connectivity index (χ4n) is 2.03. The summed E-state index contributed by atoms with van der Waals surface area (Å²) in [6.07, 6.45) is 4.29. The fraction of sp³-hybridized carbons (Fsp3) is 0.500. The second-order valence-corrected chi connectivity index (χ2v) is 5.58. The van der Waals surface area contributed by atoms with Crippen LogP contribution >= 0.6 is 15.9 Å². The fourth-order valence-corrected chi connectivity index (χ4v) is 2.51. The largest absolute Gasteiger partial charge is 0.454 e. The maximum absolute atomic E-state index is 6.09. The molecule has 0 saturated heterocycles. The minimum Gasteiger partial charge on any atom is -0.454 e. The molecule has 0 bridgehead atoms. The van der Waals surface area contributed by atoms with Gasteiger partial charge >= 0.3 is 0 Å². The predicted molar refractivity (Wildman–Crippen MR) is 64.7 cm³/mol. The van der Waals surface area contributed by atoms with E-state index in [0.717, 1.165) is 41.7 Å². The molecule has 0 radical (unpaired) electrons. The summed E-state index contributed by atoms with van der Waals surface area (Å²) in [6, 6.07) is 4.04. The topological polar surface area (TPSA) is 44.5 Å². The van der Waals surface area contributed by atoms with Crippen molar-refractivity contribution in [3.05, 3.63) is 22.2 Å². The molecule has 1 heterocycles. The molecule has 1 aliphatic heterocycles. The van der Waals surface area contributed by atoms with Crippen LogP contribution in [0.3, 0.4) is 0 Å². The normalized spacial score (nSPS) is 19.9. The maximum atomic E-state index is 6.09. The number of hydrogen-bond acceptors (Lipinski definition) is 3. The molecule has 0 unspecified atom stereocenters. The molecular weight excluding hydrogens is 270 g/mol. The highest BCUT2D eigenvalue weighted by molar-refractivity contribution is 9.10. The molecule has 0 spiro atoms. The van der Waals surface area contributed by atoms with E-state index in [-0.39, 0.29) is 5.54 Å². The van der Waals surface area contributed by atoms with Gasteiger partial charge < -0.3 is 15.2 Å². The van der Waals surface area contributed by atoms with E-state index in [4.69, 9.17) is 15.2 Å². The van der Waals surface area contributed by atoms with Crippen molar-refractivity contribution < 1.29 is 9.47 Å². The van der Waals surface area contributed by atoms with Gasteiger partial charge in [-0.25, -0.2) is 0 Å². The van der Waals surface area contributed by atoms with Crippen molar-refractivity contribution in [2.75, 3.05) is 6.79 Å². The van der Waals surface area contributed by atoms with Crippen molar-refractivity contribution in [1.29, 1.82) is 0 Å². The lowest BCUT2D eigenvalue weighted by Gasteiger charge is -2.10. The third-order valence-electron chi connectivity index (χ3n) is 3.30. The van der Waals surface area contributed by atoms with Gasteiger partial charge in [0.2, 0.25) is 6.79 Å². The Morgan fingerprint density at radius 1 is 1.31 bits per heavy atom. The standard InChI is InChI=1S/C12H14BrNO2/c13-9-5-8(1-2-12(14)3-4-12)11-10(6-9)15-7-16-11/h5-6H,1-4,7,14H2. The molecule has 3 nitrogen and oxygen atoms in total. The van der Waals surface area contributed by atoms with Crippen molar-refractivity contribution in [1.82, 2.24) is 0 Å². The molecule has 1 fully saturated rings. The van der Waals surface area contributed by atoms with Crippen LogP contribution in [0, 0.1) is 0 Å². The van der Waals surface area contributed by atoms with E-state index in [1.54, 1.807) is 0 Å². The van der Waals surface area contributed by atoms with Crippen molar-refractivity contribution in [3.8, 4) is 11.5 Å².